The number of aryl methyl sites for hydroxylation is 1. The number of fused-ring (bicyclic) bond motifs is 1. The van der Waals surface area contributed by atoms with Gasteiger partial charge in [-0.3, -0.25) is 14.8 Å². The van der Waals surface area contributed by atoms with Gasteiger partial charge in [0.15, 0.2) is 0 Å². The largest absolute Gasteiger partial charge is 0.334 e. The van der Waals surface area contributed by atoms with Crippen molar-refractivity contribution < 1.29 is 13.3 Å². The van der Waals surface area contributed by atoms with Crippen LogP contribution < -0.4 is 4.72 Å². The van der Waals surface area contributed by atoms with E-state index in [4.69, 9.17) is 0 Å². The van der Waals surface area contributed by atoms with Gasteiger partial charge in [-0.25, -0.2) is 13.4 Å². The lowest BCUT2D eigenvalue weighted by Gasteiger charge is -2.08. The number of sulfonamides is 1. The predicted octanol–water partition coefficient (Wildman–Crippen LogP) is 2.28. The maximum absolute atomic E-state index is 12.4. The molecule has 0 spiro atoms. The quantitative estimate of drug-likeness (QED) is 0.582. The van der Waals surface area contributed by atoms with Gasteiger partial charge in [0.1, 0.15) is 0 Å². The third-order valence-electron chi connectivity index (χ3n) is 3.32. The van der Waals surface area contributed by atoms with Crippen LogP contribution in [-0.2, 0) is 17.1 Å². The van der Waals surface area contributed by atoms with Gasteiger partial charge < -0.3 is 4.57 Å². The molecule has 0 aliphatic carbocycles. The first-order valence-corrected chi connectivity index (χ1v) is 8.03. The summed E-state index contributed by atoms with van der Waals surface area (Å²) >= 11 is 0. The van der Waals surface area contributed by atoms with Crippen LogP contribution in [0.2, 0.25) is 0 Å². The molecule has 2 aromatic carbocycles. The SMILES string of the molecule is Cn1cnc2cc(NS(=O)(=O)c3cccc([N+](=O)[O-])c3)ccc21. The van der Waals surface area contributed by atoms with Crippen molar-refractivity contribution in [2.24, 2.45) is 7.05 Å². The third-order valence-corrected chi connectivity index (χ3v) is 4.70. The Morgan fingerprint density at radius 1 is 1.22 bits per heavy atom. The molecule has 1 N–H and O–H groups in total. The number of nitrogens with zero attached hydrogens (tertiary/aromatic N) is 3. The molecule has 0 radical (unpaired) electrons. The van der Waals surface area contributed by atoms with Crippen LogP contribution in [0.3, 0.4) is 0 Å². The Labute approximate surface area is 131 Å². The summed E-state index contributed by atoms with van der Waals surface area (Å²) in [6, 6.07) is 9.83. The number of imidazole rings is 1. The Kier molecular flexibility index (Phi) is 3.49. The second-order valence-corrected chi connectivity index (χ2v) is 6.60. The number of hydrogen-bond acceptors (Lipinski definition) is 5. The second kappa shape index (κ2) is 5.36. The lowest BCUT2D eigenvalue weighted by atomic mass is 10.3. The molecule has 23 heavy (non-hydrogen) atoms. The molecule has 8 nitrogen and oxygen atoms in total. The summed E-state index contributed by atoms with van der Waals surface area (Å²) in [5.74, 6) is 0. The van der Waals surface area contributed by atoms with Gasteiger partial charge in [0.25, 0.3) is 15.7 Å². The molecule has 0 unspecified atom stereocenters. The summed E-state index contributed by atoms with van der Waals surface area (Å²) in [5, 5.41) is 10.8. The van der Waals surface area contributed by atoms with E-state index >= 15 is 0 Å². The van der Waals surface area contributed by atoms with Crippen LogP contribution in [0.4, 0.5) is 11.4 Å². The van der Waals surface area contributed by atoms with Gasteiger partial charge in [-0.1, -0.05) is 6.07 Å². The molecular formula is C14H12N4O4S. The topological polar surface area (TPSA) is 107 Å². The van der Waals surface area contributed by atoms with Gasteiger partial charge in [-0.2, -0.15) is 0 Å². The monoisotopic (exact) mass is 332 g/mol. The van der Waals surface area contributed by atoms with Gasteiger partial charge in [0, 0.05) is 19.2 Å². The lowest BCUT2D eigenvalue weighted by molar-refractivity contribution is -0.385. The van der Waals surface area contributed by atoms with E-state index in [1.165, 1.54) is 18.2 Å². The number of nitro groups is 1. The second-order valence-electron chi connectivity index (χ2n) is 4.92. The molecule has 0 saturated heterocycles. The number of nitrogens with one attached hydrogen (secondary N) is 1. The fraction of sp³-hybridized carbons (Fsp3) is 0.0714. The first-order valence-electron chi connectivity index (χ1n) is 6.55. The molecule has 0 atom stereocenters. The average molecular weight is 332 g/mol. The van der Waals surface area contributed by atoms with Gasteiger partial charge in [0.05, 0.1) is 32.9 Å². The van der Waals surface area contributed by atoms with E-state index in [9.17, 15) is 18.5 Å². The van der Waals surface area contributed by atoms with E-state index in [1.54, 1.807) is 24.5 Å². The van der Waals surface area contributed by atoms with Crippen LogP contribution in [0, 0.1) is 10.1 Å². The summed E-state index contributed by atoms with van der Waals surface area (Å²) in [4.78, 5) is 14.1. The first-order chi connectivity index (χ1) is 10.9. The number of non-ortho nitro benzene ring substituents is 1. The van der Waals surface area contributed by atoms with Crippen LogP contribution in [-0.4, -0.2) is 22.9 Å². The normalized spacial score (nSPS) is 11.5. The van der Waals surface area contributed by atoms with Crippen molar-refractivity contribution in [3.8, 4) is 0 Å². The number of rotatable bonds is 4. The maximum Gasteiger partial charge on any atom is 0.270 e. The zero-order chi connectivity index (χ0) is 16.6. The van der Waals surface area contributed by atoms with E-state index < -0.39 is 14.9 Å². The van der Waals surface area contributed by atoms with Crippen molar-refractivity contribution in [2.45, 2.75) is 4.90 Å². The Balaban J connectivity index is 1.96. The Morgan fingerprint density at radius 3 is 2.74 bits per heavy atom. The molecule has 3 rings (SSSR count). The lowest BCUT2D eigenvalue weighted by Crippen LogP contribution is -2.13. The van der Waals surface area contributed by atoms with Crippen molar-refractivity contribution in [1.29, 1.82) is 0 Å². The van der Waals surface area contributed by atoms with Gasteiger partial charge in [-0.05, 0) is 24.3 Å². The standard InChI is InChI=1S/C14H12N4O4S/c1-17-9-15-13-7-10(5-6-14(13)17)16-23(21,22)12-4-2-3-11(8-12)18(19)20/h2-9,16H,1H3. The number of aromatic nitrogens is 2. The van der Waals surface area contributed by atoms with Crippen LogP contribution in [0.25, 0.3) is 11.0 Å². The van der Waals surface area contributed by atoms with E-state index in [0.717, 1.165) is 11.6 Å². The third kappa shape index (κ3) is 2.86. The van der Waals surface area contributed by atoms with Crippen molar-refractivity contribution in [3.63, 3.8) is 0 Å². The Hall–Kier alpha value is -2.94. The maximum atomic E-state index is 12.4. The molecule has 118 valence electrons. The smallest absolute Gasteiger partial charge is 0.270 e. The molecular weight excluding hydrogens is 320 g/mol. The number of benzene rings is 2. The molecule has 1 aromatic heterocycles. The number of hydrogen-bond donors (Lipinski definition) is 1. The average Bonchev–Trinajstić information content (AvgIpc) is 2.88. The molecule has 0 aliphatic heterocycles. The summed E-state index contributed by atoms with van der Waals surface area (Å²) in [7, 11) is -2.08. The van der Waals surface area contributed by atoms with E-state index in [-0.39, 0.29) is 10.6 Å². The first kappa shape index (κ1) is 15.0. The van der Waals surface area contributed by atoms with Crippen LogP contribution in [0.15, 0.2) is 53.7 Å². The van der Waals surface area contributed by atoms with Crippen molar-refractivity contribution >= 4 is 32.4 Å². The molecule has 0 amide bonds. The Morgan fingerprint density at radius 2 is 2.00 bits per heavy atom. The molecule has 3 aromatic rings. The molecule has 1 heterocycles. The molecule has 9 heteroatoms. The van der Waals surface area contributed by atoms with Crippen LogP contribution in [0.5, 0.6) is 0 Å². The molecule has 0 saturated carbocycles. The molecule has 0 fully saturated rings. The van der Waals surface area contributed by atoms with Gasteiger partial charge >= 0.3 is 0 Å². The van der Waals surface area contributed by atoms with Crippen LogP contribution >= 0.6 is 0 Å². The minimum absolute atomic E-state index is 0.173. The zero-order valence-electron chi connectivity index (χ0n) is 12.0. The van der Waals surface area contributed by atoms with E-state index in [0.29, 0.717) is 11.2 Å². The van der Waals surface area contributed by atoms with E-state index in [2.05, 4.69) is 9.71 Å². The minimum atomic E-state index is -3.92. The van der Waals surface area contributed by atoms with E-state index in [1.807, 2.05) is 11.6 Å². The highest BCUT2D eigenvalue weighted by molar-refractivity contribution is 7.92. The number of anilines is 1. The highest BCUT2D eigenvalue weighted by Crippen LogP contribution is 2.22. The van der Waals surface area contributed by atoms with Crippen LogP contribution in [0.1, 0.15) is 0 Å². The van der Waals surface area contributed by atoms with Crippen molar-refractivity contribution in [3.05, 3.63) is 58.9 Å². The fourth-order valence-corrected chi connectivity index (χ4v) is 3.27. The van der Waals surface area contributed by atoms with Crippen molar-refractivity contribution in [1.82, 2.24) is 9.55 Å². The fourth-order valence-electron chi connectivity index (χ4n) is 2.18. The van der Waals surface area contributed by atoms with Crippen molar-refractivity contribution in [2.75, 3.05) is 4.72 Å². The number of nitro benzene ring substituents is 1. The Bertz CT molecular complexity index is 1010. The minimum Gasteiger partial charge on any atom is -0.334 e. The predicted molar refractivity (Wildman–Crippen MR) is 84.6 cm³/mol. The summed E-state index contributed by atoms with van der Waals surface area (Å²) in [6.45, 7) is 0. The summed E-state index contributed by atoms with van der Waals surface area (Å²) < 4.78 is 28.9. The summed E-state index contributed by atoms with van der Waals surface area (Å²) in [6.07, 6.45) is 1.63. The summed E-state index contributed by atoms with van der Waals surface area (Å²) in [5.41, 5.74) is 1.56. The highest BCUT2D eigenvalue weighted by Gasteiger charge is 2.18. The highest BCUT2D eigenvalue weighted by atomic mass is 32.2. The van der Waals surface area contributed by atoms with Gasteiger partial charge in [0.2, 0.25) is 0 Å². The van der Waals surface area contributed by atoms with Gasteiger partial charge in [-0.15, -0.1) is 0 Å². The molecule has 0 bridgehead atoms. The molecule has 0 aliphatic rings. The zero-order valence-corrected chi connectivity index (χ0v) is 12.8.